The molecular formula is C18H25N7S. The first-order valence-corrected chi connectivity index (χ1v) is 10.1. The molecule has 26 heavy (non-hydrogen) atoms. The quantitative estimate of drug-likeness (QED) is 0.652. The number of hydrogen-bond donors (Lipinski definition) is 1. The summed E-state index contributed by atoms with van der Waals surface area (Å²) >= 11 is 1.68. The van der Waals surface area contributed by atoms with Gasteiger partial charge in [-0.1, -0.05) is 6.07 Å². The predicted molar refractivity (Wildman–Crippen MR) is 107 cm³/mol. The summed E-state index contributed by atoms with van der Waals surface area (Å²) in [6.45, 7) is 6.41. The Labute approximate surface area is 158 Å². The number of guanidine groups is 1. The summed E-state index contributed by atoms with van der Waals surface area (Å²) < 4.78 is 0. The van der Waals surface area contributed by atoms with Crippen molar-refractivity contribution in [3.63, 3.8) is 0 Å². The molecule has 0 bridgehead atoms. The molecule has 7 nitrogen and oxygen atoms in total. The maximum Gasteiger partial charge on any atom is 0.191 e. The van der Waals surface area contributed by atoms with E-state index in [2.05, 4.69) is 41.8 Å². The highest BCUT2D eigenvalue weighted by Gasteiger charge is 2.19. The topological polar surface area (TPSA) is 73.9 Å². The van der Waals surface area contributed by atoms with Crippen molar-refractivity contribution < 1.29 is 0 Å². The summed E-state index contributed by atoms with van der Waals surface area (Å²) in [5.74, 6) is 1.69. The lowest BCUT2D eigenvalue weighted by Crippen LogP contribution is -2.51. The molecule has 0 saturated carbocycles. The molecule has 0 aromatic carbocycles. The molecule has 2 aliphatic heterocycles. The van der Waals surface area contributed by atoms with Crippen molar-refractivity contribution in [3.8, 4) is 0 Å². The number of hydrogen-bond acceptors (Lipinski definition) is 6. The van der Waals surface area contributed by atoms with Crippen molar-refractivity contribution in [1.82, 2.24) is 14.9 Å². The Hall–Kier alpha value is -2.35. The minimum atomic E-state index is 0.575. The van der Waals surface area contributed by atoms with Crippen molar-refractivity contribution >= 4 is 28.2 Å². The normalized spacial score (nSPS) is 18.6. The highest BCUT2D eigenvalue weighted by molar-refractivity contribution is 7.13. The molecule has 0 aliphatic carbocycles. The van der Waals surface area contributed by atoms with E-state index < -0.39 is 0 Å². The zero-order valence-electron chi connectivity index (χ0n) is 14.9. The van der Waals surface area contributed by atoms with E-state index in [1.165, 1.54) is 12.8 Å². The van der Waals surface area contributed by atoms with Crippen LogP contribution in [0.4, 0.5) is 10.9 Å². The van der Waals surface area contributed by atoms with Crippen LogP contribution in [0.2, 0.25) is 0 Å². The van der Waals surface area contributed by atoms with Crippen LogP contribution in [0.5, 0.6) is 0 Å². The van der Waals surface area contributed by atoms with Crippen LogP contribution in [0, 0.1) is 0 Å². The standard InChI is InChI=1S/C18H25N7S/c19-17(24-8-10-25(11-9-24)18-20-5-12-26-18)22-14-15-3-4-16(21-13-15)23-6-1-2-7-23/h3-5,12-13H,1-2,6-11,14H2,(H2,19,22). The highest BCUT2D eigenvalue weighted by Crippen LogP contribution is 2.19. The number of rotatable bonds is 4. The van der Waals surface area contributed by atoms with E-state index in [0.29, 0.717) is 12.5 Å². The lowest BCUT2D eigenvalue weighted by Gasteiger charge is -2.35. The lowest BCUT2D eigenvalue weighted by atomic mass is 10.3. The first kappa shape index (κ1) is 17.1. The molecule has 4 heterocycles. The number of aliphatic imine (C=N–C) groups is 1. The average molecular weight is 372 g/mol. The fraction of sp³-hybridized carbons (Fsp3) is 0.500. The molecule has 0 amide bonds. The van der Waals surface area contributed by atoms with Crippen LogP contribution in [0.15, 0.2) is 34.9 Å². The number of nitrogens with two attached hydrogens (primary N) is 1. The Morgan fingerprint density at radius 2 is 1.85 bits per heavy atom. The van der Waals surface area contributed by atoms with Gasteiger partial charge in [0.2, 0.25) is 0 Å². The van der Waals surface area contributed by atoms with E-state index in [-0.39, 0.29) is 0 Å². The van der Waals surface area contributed by atoms with Gasteiger partial charge in [-0.2, -0.15) is 0 Å². The van der Waals surface area contributed by atoms with Crippen molar-refractivity contribution in [1.29, 1.82) is 0 Å². The van der Waals surface area contributed by atoms with Crippen LogP contribution < -0.4 is 15.5 Å². The van der Waals surface area contributed by atoms with Gasteiger partial charge in [0.1, 0.15) is 5.82 Å². The van der Waals surface area contributed by atoms with Gasteiger partial charge in [-0.25, -0.2) is 15.0 Å². The Morgan fingerprint density at radius 1 is 1.04 bits per heavy atom. The first-order chi connectivity index (χ1) is 12.8. The summed E-state index contributed by atoms with van der Waals surface area (Å²) in [7, 11) is 0. The second-order valence-corrected chi connectivity index (χ2v) is 7.56. The molecule has 2 aromatic rings. The molecule has 2 aliphatic rings. The van der Waals surface area contributed by atoms with Gasteiger partial charge in [0.25, 0.3) is 0 Å². The number of aromatic nitrogens is 2. The molecule has 8 heteroatoms. The molecule has 0 unspecified atom stereocenters. The number of anilines is 2. The van der Waals surface area contributed by atoms with Crippen molar-refractivity contribution in [2.24, 2.45) is 10.7 Å². The highest BCUT2D eigenvalue weighted by atomic mass is 32.1. The van der Waals surface area contributed by atoms with Crippen LogP contribution in [0.3, 0.4) is 0 Å². The summed E-state index contributed by atoms with van der Waals surface area (Å²) in [6.07, 6.45) is 6.30. The van der Waals surface area contributed by atoms with E-state index in [4.69, 9.17) is 5.73 Å². The maximum absolute atomic E-state index is 6.21. The summed E-state index contributed by atoms with van der Waals surface area (Å²) in [5, 5.41) is 3.10. The summed E-state index contributed by atoms with van der Waals surface area (Å²) in [5.41, 5.74) is 7.30. The molecule has 0 atom stereocenters. The number of nitrogens with zero attached hydrogens (tertiary/aromatic N) is 6. The predicted octanol–water partition coefficient (Wildman–Crippen LogP) is 1.78. The van der Waals surface area contributed by atoms with Crippen LogP contribution in [-0.4, -0.2) is 60.1 Å². The smallest absolute Gasteiger partial charge is 0.191 e. The van der Waals surface area contributed by atoms with Gasteiger partial charge < -0.3 is 20.4 Å². The molecule has 2 N–H and O–H groups in total. The molecular weight excluding hydrogens is 346 g/mol. The largest absolute Gasteiger partial charge is 0.370 e. The van der Waals surface area contributed by atoms with Crippen LogP contribution in [-0.2, 0) is 6.54 Å². The van der Waals surface area contributed by atoms with E-state index >= 15 is 0 Å². The van der Waals surface area contributed by atoms with E-state index in [0.717, 1.165) is 55.8 Å². The first-order valence-electron chi connectivity index (χ1n) is 9.19. The zero-order valence-corrected chi connectivity index (χ0v) is 15.7. The van der Waals surface area contributed by atoms with Gasteiger partial charge in [-0.3, -0.25) is 0 Å². The Kier molecular flexibility index (Phi) is 5.19. The Balaban J connectivity index is 1.29. The average Bonchev–Trinajstić information content (AvgIpc) is 3.40. The minimum Gasteiger partial charge on any atom is -0.370 e. The van der Waals surface area contributed by atoms with Gasteiger partial charge in [-0.05, 0) is 24.5 Å². The zero-order chi connectivity index (χ0) is 17.8. The van der Waals surface area contributed by atoms with E-state index in [9.17, 15) is 0 Å². The van der Waals surface area contributed by atoms with Gasteiger partial charge in [0.15, 0.2) is 11.1 Å². The molecule has 0 spiro atoms. The summed E-state index contributed by atoms with van der Waals surface area (Å²) in [4.78, 5) is 20.3. The number of piperazine rings is 1. The maximum atomic E-state index is 6.21. The van der Waals surface area contributed by atoms with Crippen molar-refractivity contribution in [2.45, 2.75) is 19.4 Å². The lowest BCUT2D eigenvalue weighted by molar-refractivity contribution is 0.380. The third kappa shape index (κ3) is 3.90. The molecule has 0 radical (unpaired) electrons. The van der Waals surface area contributed by atoms with Gasteiger partial charge in [0.05, 0.1) is 6.54 Å². The molecule has 4 rings (SSSR count). The molecule has 138 valence electrons. The van der Waals surface area contributed by atoms with Crippen LogP contribution in [0.1, 0.15) is 18.4 Å². The monoisotopic (exact) mass is 371 g/mol. The van der Waals surface area contributed by atoms with Crippen molar-refractivity contribution in [3.05, 3.63) is 35.5 Å². The SMILES string of the molecule is NC(=NCc1ccc(N2CCCC2)nc1)N1CCN(c2nccs2)CC1. The van der Waals surface area contributed by atoms with Gasteiger partial charge >= 0.3 is 0 Å². The van der Waals surface area contributed by atoms with E-state index in [1.54, 1.807) is 11.3 Å². The minimum absolute atomic E-state index is 0.575. The number of pyridine rings is 1. The second kappa shape index (κ2) is 7.90. The molecule has 2 aromatic heterocycles. The summed E-state index contributed by atoms with van der Waals surface area (Å²) in [6, 6.07) is 4.21. The van der Waals surface area contributed by atoms with E-state index in [1.807, 2.05) is 17.8 Å². The Morgan fingerprint density at radius 3 is 2.50 bits per heavy atom. The molecule has 2 fully saturated rings. The second-order valence-electron chi connectivity index (χ2n) is 6.68. The third-order valence-corrected chi connectivity index (χ3v) is 5.79. The van der Waals surface area contributed by atoms with Crippen LogP contribution in [0.25, 0.3) is 0 Å². The Bertz CT molecular complexity index is 715. The van der Waals surface area contributed by atoms with Gasteiger partial charge in [0, 0.05) is 57.0 Å². The van der Waals surface area contributed by atoms with Crippen LogP contribution >= 0.6 is 11.3 Å². The van der Waals surface area contributed by atoms with Gasteiger partial charge in [-0.15, -0.1) is 11.3 Å². The molecule has 2 saturated heterocycles. The third-order valence-electron chi connectivity index (χ3n) is 4.96. The fourth-order valence-corrected chi connectivity index (χ4v) is 4.11. The number of thiazole rings is 1. The fourth-order valence-electron chi connectivity index (χ4n) is 3.41. The van der Waals surface area contributed by atoms with Crippen molar-refractivity contribution in [2.75, 3.05) is 49.1 Å².